The van der Waals surface area contributed by atoms with Crippen LogP contribution in [0.5, 0.6) is 0 Å². The molecule has 31 heavy (non-hydrogen) atoms. The third-order valence-electron chi connectivity index (χ3n) is 4.02. The molecule has 172 valence electrons. The van der Waals surface area contributed by atoms with Crippen molar-refractivity contribution < 1.29 is 39.5 Å². The molecule has 0 aliphatic heterocycles. The van der Waals surface area contributed by atoms with E-state index in [0.29, 0.717) is 11.0 Å². The third kappa shape index (κ3) is 5.63. The van der Waals surface area contributed by atoms with E-state index in [0.717, 1.165) is 0 Å². The molecule has 0 spiro atoms. The maximum Gasteiger partial charge on any atom is 0.435 e. The van der Waals surface area contributed by atoms with Gasteiger partial charge >= 0.3 is 18.5 Å². The first-order chi connectivity index (χ1) is 14.1. The normalized spacial score (nSPS) is 12.9. The molecule has 0 atom stereocenters. The largest absolute Gasteiger partial charge is 0.435 e. The highest BCUT2D eigenvalue weighted by molar-refractivity contribution is 6.31. The summed E-state index contributed by atoms with van der Waals surface area (Å²) in [5.41, 5.74) is -7.60. The summed E-state index contributed by atoms with van der Waals surface area (Å²) < 4.78 is 119. The van der Waals surface area contributed by atoms with Crippen LogP contribution in [-0.4, -0.2) is 9.55 Å². The van der Waals surface area contributed by atoms with Gasteiger partial charge in [-0.25, -0.2) is 4.98 Å². The summed E-state index contributed by atoms with van der Waals surface area (Å²) in [6, 6.07) is 0.371. The van der Waals surface area contributed by atoms with Crippen LogP contribution in [-0.2, 0) is 25.1 Å². The Morgan fingerprint density at radius 2 is 1.61 bits per heavy atom. The molecule has 0 radical (unpaired) electrons. The smallest absolute Gasteiger partial charge is 0.325 e. The first-order valence-corrected chi connectivity index (χ1v) is 8.88. The first-order valence-electron chi connectivity index (χ1n) is 8.50. The molecule has 0 fully saturated rings. The number of rotatable bonds is 5. The molecule has 0 saturated heterocycles. The summed E-state index contributed by atoms with van der Waals surface area (Å²) in [5.74, 6) is -1.03. The molecule has 0 aliphatic rings. The van der Waals surface area contributed by atoms with Crippen LogP contribution in [0.3, 0.4) is 0 Å². The van der Waals surface area contributed by atoms with Gasteiger partial charge in [-0.2, -0.15) is 39.5 Å². The first kappa shape index (κ1) is 24.8. The zero-order valence-corrected chi connectivity index (χ0v) is 16.2. The van der Waals surface area contributed by atoms with Crippen LogP contribution in [0.1, 0.15) is 36.6 Å². The number of unbranched alkanes of at least 4 members (excludes halogenated alkanes) is 1. The van der Waals surface area contributed by atoms with Gasteiger partial charge in [0.2, 0.25) is 5.95 Å². The Morgan fingerprint density at radius 1 is 1.00 bits per heavy atom. The summed E-state index contributed by atoms with van der Waals surface area (Å²) in [7, 11) is 0. The topological polar surface area (TPSA) is 46.9 Å². The SMILES string of the molecule is CCCCn1c(Nc2cc(C(F)(F)F)ccc2C(F)(F)F)nc(C(F)(F)F)c(Cl)c1=O. The molecule has 1 aromatic carbocycles. The summed E-state index contributed by atoms with van der Waals surface area (Å²) >= 11 is 5.45. The van der Waals surface area contributed by atoms with Crippen LogP contribution in [0.15, 0.2) is 23.0 Å². The van der Waals surface area contributed by atoms with Crippen molar-refractivity contribution in [2.24, 2.45) is 0 Å². The summed E-state index contributed by atoms with van der Waals surface area (Å²) in [6.45, 7) is 1.37. The molecule has 1 heterocycles. The van der Waals surface area contributed by atoms with Crippen LogP contribution in [0, 0.1) is 0 Å². The van der Waals surface area contributed by atoms with E-state index in [-0.39, 0.29) is 31.2 Å². The molecule has 1 aromatic heterocycles. The van der Waals surface area contributed by atoms with E-state index in [9.17, 15) is 44.3 Å². The monoisotopic (exact) mass is 481 g/mol. The lowest BCUT2D eigenvalue weighted by atomic mass is 10.1. The minimum atomic E-state index is -5.24. The maximum atomic E-state index is 13.3. The van der Waals surface area contributed by atoms with Crippen molar-refractivity contribution in [3.8, 4) is 0 Å². The van der Waals surface area contributed by atoms with Gasteiger partial charge in [-0.1, -0.05) is 24.9 Å². The quantitative estimate of drug-likeness (QED) is 0.496. The van der Waals surface area contributed by atoms with Gasteiger partial charge in [-0.15, -0.1) is 0 Å². The summed E-state index contributed by atoms with van der Waals surface area (Å²) in [4.78, 5) is 15.4. The molecule has 4 nitrogen and oxygen atoms in total. The van der Waals surface area contributed by atoms with Crippen LogP contribution in [0.2, 0.25) is 5.02 Å². The van der Waals surface area contributed by atoms with Crippen molar-refractivity contribution in [2.45, 2.75) is 44.8 Å². The van der Waals surface area contributed by atoms with Gasteiger partial charge in [0, 0.05) is 6.54 Å². The second-order valence-corrected chi connectivity index (χ2v) is 6.66. The van der Waals surface area contributed by atoms with E-state index in [4.69, 9.17) is 11.6 Å². The van der Waals surface area contributed by atoms with E-state index in [1.54, 1.807) is 6.92 Å². The van der Waals surface area contributed by atoms with E-state index in [1.807, 2.05) is 5.32 Å². The molecule has 1 N–H and O–H groups in total. The Hall–Kier alpha value is -2.44. The highest BCUT2D eigenvalue weighted by Gasteiger charge is 2.40. The number of halogens is 10. The molecule has 2 aromatic rings. The molecule has 2 rings (SSSR count). The highest BCUT2D eigenvalue weighted by atomic mass is 35.5. The van der Waals surface area contributed by atoms with Gasteiger partial charge in [0.1, 0.15) is 5.02 Å². The van der Waals surface area contributed by atoms with Crippen molar-refractivity contribution in [1.29, 1.82) is 0 Å². The molecule has 14 heteroatoms. The standard InChI is InChI=1S/C17H13ClF9N3O/c1-2-3-6-30-13(31)11(18)12(17(25,26)27)29-14(30)28-10-7-8(15(19,20)21)4-5-9(10)16(22,23)24/h4-5,7H,2-3,6H2,1H3,(H,28,29). The molecule has 0 saturated carbocycles. The lowest BCUT2D eigenvalue weighted by Gasteiger charge is -2.20. The fourth-order valence-corrected chi connectivity index (χ4v) is 2.78. The van der Waals surface area contributed by atoms with Crippen LogP contribution >= 0.6 is 11.6 Å². The number of hydrogen-bond donors (Lipinski definition) is 1. The Morgan fingerprint density at radius 3 is 2.10 bits per heavy atom. The van der Waals surface area contributed by atoms with E-state index < -0.39 is 57.6 Å². The minimum absolute atomic E-state index is 0.0704. The number of benzene rings is 1. The lowest BCUT2D eigenvalue weighted by molar-refractivity contribution is -0.141. The van der Waals surface area contributed by atoms with Crippen molar-refractivity contribution in [3.63, 3.8) is 0 Å². The van der Waals surface area contributed by atoms with Crippen LogP contribution in [0.25, 0.3) is 0 Å². The van der Waals surface area contributed by atoms with Gasteiger partial charge in [-0.05, 0) is 24.6 Å². The van der Waals surface area contributed by atoms with E-state index in [1.165, 1.54) is 0 Å². The van der Waals surface area contributed by atoms with Crippen molar-refractivity contribution in [2.75, 3.05) is 5.32 Å². The van der Waals surface area contributed by atoms with Gasteiger partial charge < -0.3 is 5.32 Å². The predicted molar refractivity (Wildman–Crippen MR) is 93.1 cm³/mol. The molecular formula is C17H13ClF9N3O. The molecular weight excluding hydrogens is 469 g/mol. The average Bonchev–Trinajstić information content (AvgIpc) is 2.61. The number of nitrogens with zero attached hydrogens (tertiary/aromatic N) is 2. The number of anilines is 2. The molecule has 0 unspecified atom stereocenters. The van der Waals surface area contributed by atoms with E-state index in [2.05, 4.69) is 4.98 Å². The number of hydrogen-bond acceptors (Lipinski definition) is 3. The van der Waals surface area contributed by atoms with Gasteiger partial charge in [0.25, 0.3) is 5.56 Å². The third-order valence-corrected chi connectivity index (χ3v) is 4.36. The van der Waals surface area contributed by atoms with Crippen molar-refractivity contribution in [1.82, 2.24) is 9.55 Å². The Bertz CT molecular complexity index is 1010. The number of nitrogens with one attached hydrogen (secondary N) is 1. The zero-order chi connectivity index (χ0) is 23.8. The summed E-state index contributed by atoms with van der Waals surface area (Å²) in [6.07, 6.45) is -14.8. The number of aromatic nitrogens is 2. The van der Waals surface area contributed by atoms with Crippen molar-refractivity contribution >= 4 is 23.2 Å². The zero-order valence-electron chi connectivity index (χ0n) is 15.4. The Labute approximate surface area is 173 Å². The Kier molecular flexibility index (Phi) is 6.88. The average molecular weight is 482 g/mol. The Balaban J connectivity index is 2.76. The minimum Gasteiger partial charge on any atom is -0.325 e. The predicted octanol–water partition coefficient (Wildman–Crippen LogP) is 6.50. The number of alkyl halides is 9. The molecule has 0 aliphatic carbocycles. The summed E-state index contributed by atoms with van der Waals surface area (Å²) in [5, 5.41) is 0.512. The van der Waals surface area contributed by atoms with Crippen molar-refractivity contribution in [3.05, 3.63) is 50.4 Å². The van der Waals surface area contributed by atoms with Crippen LogP contribution < -0.4 is 10.9 Å². The van der Waals surface area contributed by atoms with Gasteiger partial charge in [0.05, 0.1) is 16.8 Å². The lowest BCUT2D eigenvalue weighted by Crippen LogP contribution is -2.29. The fraction of sp³-hybridized carbons (Fsp3) is 0.412. The maximum absolute atomic E-state index is 13.3. The van der Waals surface area contributed by atoms with Crippen LogP contribution in [0.4, 0.5) is 51.1 Å². The second kappa shape index (κ2) is 8.60. The van der Waals surface area contributed by atoms with E-state index >= 15 is 0 Å². The fourth-order valence-electron chi connectivity index (χ4n) is 2.53. The molecule has 0 bridgehead atoms. The highest BCUT2D eigenvalue weighted by Crippen LogP contribution is 2.40. The van der Waals surface area contributed by atoms with Gasteiger partial charge in [-0.3, -0.25) is 9.36 Å². The molecule has 0 amide bonds. The second-order valence-electron chi connectivity index (χ2n) is 6.29. The van der Waals surface area contributed by atoms with Gasteiger partial charge in [0.15, 0.2) is 5.69 Å².